The normalized spacial score (nSPS) is 17.1. The summed E-state index contributed by atoms with van der Waals surface area (Å²) in [5.74, 6) is 2.51. The van der Waals surface area contributed by atoms with Crippen molar-refractivity contribution < 1.29 is 0 Å². The lowest BCUT2D eigenvalue weighted by Gasteiger charge is -2.11. The third kappa shape index (κ3) is 3.34. The summed E-state index contributed by atoms with van der Waals surface area (Å²) < 4.78 is 2.21. The van der Waals surface area contributed by atoms with Crippen molar-refractivity contribution in [3.8, 4) is 28.7 Å². The quantitative estimate of drug-likeness (QED) is 0.256. The molecule has 2 aromatic heterocycles. The molecule has 4 nitrogen and oxygen atoms in total. The Kier molecular flexibility index (Phi) is 4.93. The lowest BCUT2D eigenvalue weighted by atomic mass is 9.97. The first-order valence-corrected chi connectivity index (χ1v) is 13.2. The van der Waals surface area contributed by atoms with Crippen molar-refractivity contribution in [1.29, 1.82) is 0 Å². The van der Waals surface area contributed by atoms with Crippen LogP contribution in [0.4, 0.5) is 0 Å². The van der Waals surface area contributed by atoms with Crippen molar-refractivity contribution in [3.05, 3.63) is 103 Å². The van der Waals surface area contributed by atoms with Crippen LogP contribution in [0, 0.1) is 0 Å². The molecule has 0 saturated carbocycles. The number of hydrogen-bond acceptors (Lipinski definition) is 4. The summed E-state index contributed by atoms with van der Waals surface area (Å²) in [5, 5.41) is 3.03. The Bertz CT molecular complexity index is 1680. The van der Waals surface area contributed by atoms with E-state index in [0.717, 1.165) is 22.2 Å². The summed E-state index contributed by atoms with van der Waals surface area (Å²) in [7, 11) is 0. The highest BCUT2D eigenvalue weighted by molar-refractivity contribution is 8.00. The molecule has 0 aliphatic carbocycles. The largest absolute Gasteiger partial charge is 0.278 e. The van der Waals surface area contributed by atoms with Crippen molar-refractivity contribution in [3.63, 3.8) is 0 Å². The van der Waals surface area contributed by atoms with E-state index in [4.69, 9.17) is 15.0 Å². The predicted molar refractivity (Wildman–Crippen MR) is 149 cm³/mol. The molecule has 0 radical (unpaired) electrons. The molecule has 1 unspecified atom stereocenters. The van der Waals surface area contributed by atoms with Crippen molar-refractivity contribution in [2.24, 2.45) is 0 Å². The van der Waals surface area contributed by atoms with Gasteiger partial charge in [0, 0.05) is 32.0 Å². The van der Waals surface area contributed by atoms with Gasteiger partial charge < -0.3 is 0 Å². The van der Waals surface area contributed by atoms with Crippen molar-refractivity contribution >= 4 is 33.6 Å². The SMILES string of the molecule is CC1Sc2cc3c(cc2[C@@H]1C)c1ccccc1n3-c1nc(-c2ccccc2)nc(-c2ccccc2)n1. The van der Waals surface area contributed by atoms with E-state index >= 15 is 0 Å². The van der Waals surface area contributed by atoms with Crippen molar-refractivity contribution in [1.82, 2.24) is 19.5 Å². The third-order valence-electron chi connectivity index (χ3n) is 7.20. The van der Waals surface area contributed by atoms with Gasteiger partial charge in [-0.05, 0) is 29.7 Å². The van der Waals surface area contributed by atoms with Crippen LogP contribution in [0.5, 0.6) is 0 Å². The van der Waals surface area contributed by atoms with Gasteiger partial charge in [-0.3, -0.25) is 4.57 Å². The molecule has 0 bridgehead atoms. The van der Waals surface area contributed by atoms with E-state index in [1.807, 2.05) is 72.4 Å². The van der Waals surface area contributed by atoms with Crippen LogP contribution in [0.25, 0.3) is 50.5 Å². The summed E-state index contributed by atoms with van der Waals surface area (Å²) in [4.78, 5) is 16.3. The molecule has 0 N–H and O–H groups in total. The van der Waals surface area contributed by atoms with Crippen LogP contribution < -0.4 is 0 Å². The van der Waals surface area contributed by atoms with Crippen LogP contribution in [0.15, 0.2) is 102 Å². The molecule has 0 fully saturated rings. The minimum atomic E-state index is 0.531. The highest BCUT2D eigenvalue weighted by Crippen LogP contribution is 2.48. The maximum atomic E-state index is 5.03. The summed E-state index contributed by atoms with van der Waals surface area (Å²) in [6.07, 6.45) is 0. The first-order chi connectivity index (χ1) is 17.7. The predicted octanol–water partition coefficient (Wildman–Crippen LogP) is 7.90. The number of fused-ring (bicyclic) bond motifs is 4. The zero-order valence-corrected chi connectivity index (χ0v) is 20.9. The molecule has 1 aliphatic rings. The second-order valence-corrected chi connectivity index (χ2v) is 10.8. The molecule has 5 heteroatoms. The Morgan fingerprint density at radius 1 is 0.639 bits per heavy atom. The first kappa shape index (κ1) is 21.3. The third-order valence-corrected chi connectivity index (χ3v) is 8.59. The van der Waals surface area contributed by atoms with Gasteiger partial charge in [-0.2, -0.15) is 9.97 Å². The van der Waals surface area contributed by atoms with E-state index in [1.165, 1.54) is 21.2 Å². The lowest BCUT2D eigenvalue weighted by Crippen LogP contribution is -2.06. The number of aromatic nitrogens is 4. The average molecular weight is 485 g/mol. The van der Waals surface area contributed by atoms with Gasteiger partial charge in [0.05, 0.1) is 11.0 Å². The minimum absolute atomic E-state index is 0.531. The zero-order chi connectivity index (χ0) is 24.2. The lowest BCUT2D eigenvalue weighted by molar-refractivity contribution is 0.763. The van der Waals surface area contributed by atoms with E-state index in [9.17, 15) is 0 Å². The second-order valence-electron chi connectivity index (χ2n) is 9.39. The molecular weight excluding hydrogens is 460 g/mol. The van der Waals surface area contributed by atoms with Crippen LogP contribution in [0.2, 0.25) is 0 Å². The average Bonchev–Trinajstić information content (AvgIpc) is 3.40. The molecular formula is C31H24N4S. The van der Waals surface area contributed by atoms with Gasteiger partial charge in [0.15, 0.2) is 11.6 Å². The Morgan fingerprint density at radius 2 is 1.25 bits per heavy atom. The fourth-order valence-corrected chi connectivity index (χ4v) is 6.45. The van der Waals surface area contributed by atoms with Crippen LogP contribution in [-0.4, -0.2) is 24.8 Å². The summed E-state index contributed by atoms with van der Waals surface area (Å²) in [6.45, 7) is 4.65. The Labute approximate surface area is 214 Å². The highest BCUT2D eigenvalue weighted by atomic mass is 32.2. The molecule has 174 valence electrons. The molecule has 0 spiro atoms. The Hall–Kier alpha value is -3.96. The molecule has 3 heterocycles. The molecule has 7 rings (SSSR count). The van der Waals surface area contributed by atoms with E-state index in [-0.39, 0.29) is 0 Å². The first-order valence-electron chi connectivity index (χ1n) is 12.3. The van der Waals surface area contributed by atoms with E-state index < -0.39 is 0 Å². The highest BCUT2D eigenvalue weighted by Gasteiger charge is 2.28. The summed E-state index contributed by atoms with van der Waals surface area (Å²) in [5.41, 5.74) is 5.61. The number of thioether (sulfide) groups is 1. The Balaban J connectivity index is 1.55. The molecule has 2 atom stereocenters. The smallest absolute Gasteiger partial charge is 0.238 e. The van der Waals surface area contributed by atoms with Gasteiger partial charge in [-0.15, -0.1) is 11.8 Å². The van der Waals surface area contributed by atoms with Crippen LogP contribution in [-0.2, 0) is 0 Å². The topological polar surface area (TPSA) is 43.6 Å². The number of rotatable bonds is 3. The Morgan fingerprint density at radius 3 is 1.92 bits per heavy atom. The van der Waals surface area contributed by atoms with Crippen LogP contribution in [0.3, 0.4) is 0 Å². The molecule has 0 saturated heterocycles. The van der Waals surface area contributed by atoms with Gasteiger partial charge in [0.2, 0.25) is 5.95 Å². The summed E-state index contributed by atoms with van der Waals surface area (Å²) >= 11 is 1.96. The zero-order valence-electron chi connectivity index (χ0n) is 20.1. The maximum Gasteiger partial charge on any atom is 0.238 e. The maximum absolute atomic E-state index is 5.03. The number of para-hydroxylation sites is 1. The number of nitrogens with zero attached hydrogens (tertiary/aromatic N) is 4. The standard InChI is InChI=1S/C31H24N4S/c1-19-20(2)36-28-18-27-25(17-24(19)28)23-15-9-10-16-26(23)35(27)31-33-29(21-11-5-3-6-12-21)32-30(34-31)22-13-7-4-8-14-22/h3-20H,1-2H3/t19-,20?/m1/s1. The monoisotopic (exact) mass is 484 g/mol. The molecule has 1 aliphatic heterocycles. The number of hydrogen-bond donors (Lipinski definition) is 0. The van der Waals surface area contributed by atoms with E-state index in [0.29, 0.717) is 28.8 Å². The summed E-state index contributed by atoms with van der Waals surface area (Å²) in [6, 6.07) is 33.6. The van der Waals surface area contributed by atoms with Crippen molar-refractivity contribution in [2.45, 2.75) is 29.9 Å². The van der Waals surface area contributed by atoms with E-state index in [1.54, 1.807) is 0 Å². The molecule has 4 aromatic carbocycles. The van der Waals surface area contributed by atoms with Crippen LogP contribution in [0.1, 0.15) is 25.3 Å². The fourth-order valence-electron chi connectivity index (χ4n) is 5.14. The second kappa shape index (κ2) is 8.32. The van der Waals surface area contributed by atoms with Crippen LogP contribution >= 0.6 is 11.8 Å². The minimum Gasteiger partial charge on any atom is -0.278 e. The molecule has 36 heavy (non-hydrogen) atoms. The van der Waals surface area contributed by atoms with Gasteiger partial charge in [-0.1, -0.05) is 92.7 Å². The molecule has 0 amide bonds. The van der Waals surface area contributed by atoms with Gasteiger partial charge in [-0.25, -0.2) is 4.98 Å². The van der Waals surface area contributed by atoms with Gasteiger partial charge >= 0.3 is 0 Å². The van der Waals surface area contributed by atoms with E-state index in [2.05, 4.69) is 54.8 Å². The van der Waals surface area contributed by atoms with Gasteiger partial charge in [0.25, 0.3) is 0 Å². The fraction of sp³-hybridized carbons (Fsp3) is 0.129. The number of benzene rings is 4. The molecule has 6 aromatic rings. The van der Waals surface area contributed by atoms with Gasteiger partial charge in [0.1, 0.15) is 0 Å². The van der Waals surface area contributed by atoms with Crippen molar-refractivity contribution in [2.75, 3.05) is 0 Å².